The average molecular weight is 351 g/mol. The average Bonchev–Trinajstić information content (AvgIpc) is 1.64. The molecule has 0 aliphatic carbocycles. The summed E-state index contributed by atoms with van der Waals surface area (Å²) in [6, 6.07) is 0. The summed E-state index contributed by atoms with van der Waals surface area (Å²) < 4.78 is 9.64. The van der Waals surface area contributed by atoms with Crippen molar-refractivity contribution in [2.45, 2.75) is 78.6 Å². The van der Waals surface area contributed by atoms with Crippen LogP contribution in [0.25, 0.3) is 9.30 Å². The van der Waals surface area contributed by atoms with Crippen LogP contribution in [0, 0.1) is 0 Å². The predicted octanol–water partition coefficient (Wildman–Crippen LogP) is 0.0678. The van der Waals surface area contributed by atoms with Gasteiger partial charge in [0.05, 0.1) is 0 Å². The first-order valence-corrected chi connectivity index (χ1v) is 20.7. The van der Waals surface area contributed by atoms with Crippen molar-refractivity contribution in [3.63, 3.8) is 0 Å². The SMILES string of the molecule is C[Si](C)(C)[N-][Si](C)(C)C.C[Si](C)(C)[N-][Si](C)(C)C.[Li+].[Na+]. The first kappa shape index (κ1) is 30.3. The molecule has 0 aromatic heterocycles. The van der Waals surface area contributed by atoms with Crippen molar-refractivity contribution < 1.29 is 48.4 Å². The molecular weight excluding hydrogens is 314 g/mol. The van der Waals surface area contributed by atoms with Crippen LogP contribution >= 0.6 is 0 Å². The third kappa shape index (κ3) is 37.0. The molecule has 20 heavy (non-hydrogen) atoms. The minimum Gasteiger partial charge on any atom is -0.668 e. The zero-order chi connectivity index (χ0) is 15.4. The van der Waals surface area contributed by atoms with Gasteiger partial charge in [-0.2, -0.15) is 0 Å². The van der Waals surface area contributed by atoms with E-state index < -0.39 is 32.9 Å². The molecule has 0 saturated heterocycles. The van der Waals surface area contributed by atoms with E-state index in [1.165, 1.54) is 0 Å². The molecule has 0 bridgehead atoms. The molecule has 0 N–H and O–H groups in total. The van der Waals surface area contributed by atoms with Crippen molar-refractivity contribution in [3.8, 4) is 0 Å². The van der Waals surface area contributed by atoms with E-state index in [-0.39, 0.29) is 48.4 Å². The molecule has 0 atom stereocenters. The van der Waals surface area contributed by atoms with Crippen LogP contribution in [0.4, 0.5) is 0 Å². The quantitative estimate of drug-likeness (QED) is 0.642. The molecule has 0 aliphatic heterocycles. The van der Waals surface area contributed by atoms with Crippen LogP contribution in [0.2, 0.25) is 78.6 Å². The third-order valence-electron chi connectivity index (χ3n) is 1.34. The largest absolute Gasteiger partial charge is 1.00 e. The molecule has 0 fully saturated rings. The molecule has 112 valence electrons. The van der Waals surface area contributed by atoms with Gasteiger partial charge in [-0.25, -0.2) is 0 Å². The smallest absolute Gasteiger partial charge is 0.668 e. The standard InChI is InChI=1S/2C6H18NSi2.Li.Na/c2*1-8(2,3)7-9(4,5)6;;/h2*1-6H3;;/q2*-1;2*+1. The van der Waals surface area contributed by atoms with Crippen LogP contribution in [-0.4, -0.2) is 32.9 Å². The van der Waals surface area contributed by atoms with Crippen LogP contribution in [0.3, 0.4) is 0 Å². The molecule has 0 spiro atoms. The molecule has 0 aliphatic rings. The van der Waals surface area contributed by atoms with E-state index in [1.54, 1.807) is 0 Å². The Bertz CT molecular complexity index is 190. The van der Waals surface area contributed by atoms with E-state index >= 15 is 0 Å². The number of nitrogens with zero attached hydrogens (tertiary/aromatic N) is 2. The summed E-state index contributed by atoms with van der Waals surface area (Å²) in [5.41, 5.74) is 0. The number of hydrogen-bond donors (Lipinski definition) is 0. The summed E-state index contributed by atoms with van der Waals surface area (Å²) in [6.07, 6.45) is 0. The predicted molar refractivity (Wildman–Crippen MR) is 100 cm³/mol. The summed E-state index contributed by atoms with van der Waals surface area (Å²) in [4.78, 5) is 0. The Hall–Kier alpha value is 2.38. The van der Waals surface area contributed by atoms with Crippen molar-refractivity contribution in [2.24, 2.45) is 0 Å². The number of hydrogen-bond acceptors (Lipinski definition) is 0. The van der Waals surface area contributed by atoms with Gasteiger partial charge in [-0.05, 0) is 0 Å². The zero-order valence-electron chi connectivity index (χ0n) is 16.9. The maximum absolute atomic E-state index is 4.82. The molecule has 0 rings (SSSR count). The molecule has 0 saturated carbocycles. The summed E-state index contributed by atoms with van der Waals surface area (Å²) in [5.74, 6) is 0. The van der Waals surface area contributed by atoms with Crippen LogP contribution in [0.5, 0.6) is 0 Å². The van der Waals surface area contributed by atoms with E-state index in [0.717, 1.165) is 0 Å². The summed E-state index contributed by atoms with van der Waals surface area (Å²) in [6.45, 7) is 27.6. The summed E-state index contributed by atoms with van der Waals surface area (Å²) in [5, 5.41) is 0. The van der Waals surface area contributed by atoms with E-state index in [2.05, 4.69) is 78.6 Å². The Labute approximate surface area is 167 Å². The van der Waals surface area contributed by atoms with Crippen molar-refractivity contribution in [1.29, 1.82) is 0 Å². The van der Waals surface area contributed by atoms with E-state index in [4.69, 9.17) is 9.30 Å². The van der Waals surface area contributed by atoms with E-state index in [1.807, 2.05) is 0 Å². The van der Waals surface area contributed by atoms with Gasteiger partial charge < -0.3 is 9.30 Å². The fraction of sp³-hybridized carbons (Fsp3) is 1.00. The van der Waals surface area contributed by atoms with Crippen LogP contribution in [0.1, 0.15) is 0 Å². The fourth-order valence-corrected chi connectivity index (χ4v) is 18.1. The molecular formula is C12H36LiN2NaSi4. The Kier molecular flexibility index (Phi) is 16.7. The van der Waals surface area contributed by atoms with Crippen molar-refractivity contribution in [2.75, 3.05) is 0 Å². The summed E-state index contributed by atoms with van der Waals surface area (Å²) in [7, 11) is -4.42. The molecule has 0 radical (unpaired) electrons. The monoisotopic (exact) mass is 350 g/mol. The zero-order valence-corrected chi connectivity index (χ0v) is 22.9. The fourth-order valence-electron chi connectivity index (χ4n) is 2.01. The number of rotatable bonds is 4. The Morgan fingerprint density at radius 2 is 0.500 bits per heavy atom. The molecule has 2 nitrogen and oxygen atoms in total. The van der Waals surface area contributed by atoms with Gasteiger partial charge in [0.2, 0.25) is 0 Å². The van der Waals surface area contributed by atoms with Gasteiger partial charge in [-0.1, -0.05) is 112 Å². The second-order valence-electron chi connectivity index (χ2n) is 8.91. The van der Waals surface area contributed by atoms with Gasteiger partial charge in [-0.3, -0.25) is 0 Å². The van der Waals surface area contributed by atoms with E-state index in [9.17, 15) is 0 Å². The molecule has 0 amide bonds. The van der Waals surface area contributed by atoms with Crippen molar-refractivity contribution >= 4 is 32.9 Å². The maximum Gasteiger partial charge on any atom is 1.00 e. The van der Waals surface area contributed by atoms with Gasteiger partial charge >= 0.3 is 48.4 Å². The first-order valence-electron chi connectivity index (χ1n) is 6.89. The third-order valence-corrected chi connectivity index (χ3v) is 12.1. The van der Waals surface area contributed by atoms with Crippen LogP contribution in [-0.2, 0) is 0 Å². The normalized spacial score (nSPS) is 12.6. The van der Waals surface area contributed by atoms with E-state index in [0.29, 0.717) is 0 Å². The minimum atomic E-state index is -1.11. The maximum atomic E-state index is 4.82. The van der Waals surface area contributed by atoms with Crippen molar-refractivity contribution in [3.05, 3.63) is 9.30 Å². The van der Waals surface area contributed by atoms with Gasteiger partial charge in [0.1, 0.15) is 0 Å². The van der Waals surface area contributed by atoms with Crippen LogP contribution < -0.4 is 48.4 Å². The van der Waals surface area contributed by atoms with Gasteiger partial charge in [0.15, 0.2) is 0 Å². The first-order chi connectivity index (χ1) is 7.41. The summed E-state index contributed by atoms with van der Waals surface area (Å²) >= 11 is 0. The van der Waals surface area contributed by atoms with Crippen LogP contribution in [0.15, 0.2) is 0 Å². The molecule has 0 aromatic rings. The Balaban J connectivity index is -0.000000116. The minimum absolute atomic E-state index is 0. The Morgan fingerprint density at radius 3 is 0.500 bits per heavy atom. The molecule has 8 heteroatoms. The molecule has 0 heterocycles. The molecule has 0 aromatic carbocycles. The van der Waals surface area contributed by atoms with Gasteiger partial charge in [0, 0.05) is 0 Å². The molecule has 0 unspecified atom stereocenters. The van der Waals surface area contributed by atoms with Gasteiger partial charge in [0.25, 0.3) is 0 Å². The Morgan fingerprint density at radius 1 is 0.400 bits per heavy atom. The van der Waals surface area contributed by atoms with Crippen molar-refractivity contribution in [1.82, 2.24) is 0 Å². The van der Waals surface area contributed by atoms with Gasteiger partial charge in [-0.15, -0.1) is 0 Å². The topological polar surface area (TPSA) is 28.2 Å². The second-order valence-corrected chi connectivity index (χ2v) is 28.1. The second kappa shape index (κ2) is 11.0.